The molecule has 1 N–H and O–H groups in total. The molecule has 1 amide bonds. The van der Waals surface area contributed by atoms with Crippen molar-refractivity contribution in [1.82, 2.24) is 4.98 Å². The first-order valence-electron chi connectivity index (χ1n) is 8.61. The molecule has 8 heteroatoms. The molecular formula is C21H16N2O5S. The van der Waals surface area contributed by atoms with E-state index < -0.39 is 5.63 Å². The quantitative estimate of drug-likeness (QED) is 0.498. The number of carbonyl (C=O) groups excluding carboxylic acids is 1. The third kappa shape index (κ3) is 3.70. The summed E-state index contributed by atoms with van der Waals surface area (Å²) < 4.78 is 15.9. The van der Waals surface area contributed by atoms with Crippen molar-refractivity contribution in [3.05, 3.63) is 70.0 Å². The Bertz CT molecular complexity index is 1260. The van der Waals surface area contributed by atoms with Crippen LogP contribution >= 0.6 is 11.3 Å². The van der Waals surface area contributed by atoms with Crippen molar-refractivity contribution in [3.8, 4) is 22.1 Å². The second kappa shape index (κ2) is 7.76. The number of rotatable bonds is 5. The molecular weight excluding hydrogens is 392 g/mol. The van der Waals surface area contributed by atoms with Gasteiger partial charge in [-0.15, -0.1) is 11.3 Å². The lowest BCUT2D eigenvalue weighted by Gasteiger charge is -2.10. The highest BCUT2D eigenvalue weighted by Gasteiger charge is 2.17. The Morgan fingerprint density at radius 2 is 1.97 bits per heavy atom. The van der Waals surface area contributed by atoms with Crippen LogP contribution in [-0.2, 0) is 0 Å². The van der Waals surface area contributed by atoms with E-state index in [1.165, 1.54) is 17.4 Å². The molecule has 0 aliphatic carbocycles. The molecule has 146 valence electrons. The molecule has 4 rings (SSSR count). The number of amides is 1. The summed E-state index contributed by atoms with van der Waals surface area (Å²) in [6.45, 7) is 0. The highest BCUT2D eigenvalue weighted by molar-refractivity contribution is 7.13. The van der Waals surface area contributed by atoms with Gasteiger partial charge in [0.2, 0.25) is 0 Å². The van der Waals surface area contributed by atoms with Gasteiger partial charge < -0.3 is 19.2 Å². The fraction of sp³-hybridized carbons (Fsp3) is 0.0952. The average molecular weight is 408 g/mol. The minimum absolute atomic E-state index is 0.287. The van der Waals surface area contributed by atoms with Gasteiger partial charge in [-0.25, -0.2) is 9.78 Å². The van der Waals surface area contributed by atoms with Gasteiger partial charge >= 0.3 is 5.63 Å². The van der Waals surface area contributed by atoms with Crippen LogP contribution in [-0.4, -0.2) is 25.1 Å². The fourth-order valence-electron chi connectivity index (χ4n) is 2.90. The van der Waals surface area contributed by atoms with Gasteiger partial charge in [-0.3, -0.25) is 4.79 Å². The number of benzene rings is 2. The number of anilines is 1. The fourth-order valence-corrected chi connectivity index (χ4v) is 3.72. The van der Waals surface area contributed by atoms with E-state index in [-0.39, 0.29) is 11.6 Å². The molecule has 0 aliphatic heterocycles. The number of para-hydroxylation sites is 1. The molecule has 29 heavy (non-hydrogen) atoms. The maximum Gasteiger partial charge on any atom is 0.336 e. The number of hydrogen-bond acceptors (Lipinski definition) is 7. The Balaban J connectivity index is 1.59. The number of methoxy groups -OCH3 is 2. The average Bonchev–Trinajstić information content (AvgIpc) is 3.23. The second-order valence-corrected chi connectivity index (χ2v) is 6.90. The van der Waals surface area contributed by atoms with Crippen LogP contribution in [0.4, 0.5) is 5.69 Å². The molecule has 0 saturated carbocycles. The minimum Gasteiger partial charge on any atom is -0.493 e. The smallest absolute Gasteiger partial charge is 0.336 e. The maximum atomic E-state index is 12.6. The molecule has 0 radical (unpaired) electrons. The zero-order valence-corrected chi connectivity index (χ0v) is 16.4. The Morgan fingerprint density at radius 3 is 2.76 bits per heavy atom. The zero-order chi connectivity index (χ0) is 20.4. The van der Waals surface area contributed by atoms with E-state index in [0.29, 0.717) is 33.2 Å². The van der Waals surface area contributed by atoms with Gasteiger partial charge in [0.15, 0.2) is 11.5 Å². The summed E-state index contributed by atoms with van der Waals surface area (Å²) in [7, 11) is 3.13. The van der Waals surface area contributed by atoms with Gasteiger partial charge in [0, 0.05) is 22.5 Å². The first kappa shape index (κ1) is 18.7. The van der Waals surface area contributed by atoms with E-state index in [4.69, 9.17) is 13.9 Å². The molecule has 0 saturated heterocycles. The Labute approximate surface area is 169 Å². The molecule has 0 aliphatic rings. The monoisotopic (exact) mass is 408 g/mol. The van der Waals surface area contributed by atoms with Gasteiger partial charge in [-0.05, 0) is 36.4 Å². The van der Waals surface area contributed by atoms with Crippen molar-refractivity contribution < 1.29 is 18.7 Å². The van der Waals surface area contributed by atoms with E-state index in [9.17, 15) is 9.59 Å². The van der Waals surface area contributed by atoms with Crippen LogP contribution in [0, 0.1) is 0 Å². The van der Waals surface area contributed by atoms with Crippen molar-refractivity contribution in [1.29, 1.82) is 0 Å². The number of hydrogen-bond donors (Lipinski definition) is 1. The summed E-state index contributed by atoms with van der Waals surface area (Å²) in [4.78, 5) is 28.4. The lowest BCUT2D eigenvalue weighted by molar-refractivity contribution is 0.102. The summed E-state index contributed by atoms with van der Waals surface area (Å²) in [5.41, 5.74) is 1.64. The van der Waals surface area contributed by atoms with Crippen molar-refractivity contribution >= 4 is 33.9 Å². The first-order chi connectivity index (χ1) is 14.1. The summed E-state index contributed by atoms with van der Waals surface area (Å²) in [5.74, 6) is 0.812. The molecule has 0 spiro atoms. The summed E-state index contributed by atoms with van der Waals surface area (Å²) >= 11 is 1.34. The van der Waals surface area contributed by atoms with E-state index >= 15 is 0 Å². The molecule has 0 fully saturated rings. The number of carbonyl (C=O) groups is 1. The van der Waals surface area contributed by atoms with Gasteiger partial charge in [-0.1, -0.05) is 6.07 Å². The summed E-state index contributed by atoms with van der Waals surface area (Å²) in [6.07, 6.45) is 0. The molecule has 0 atom stereocenters. The lowest BCUT2D eigenvalue weighted by Crippen LogP contribution is -2.12. The van der Waals surface area contributed by atoms with Crippen molar-refractivity contribution in [2.24, 2.45) is 0 Å². The predicted octanol–water partition coefficient (Wildman–Crippen LogP) is 4.19. The van der Waals surface area contributed by atoms with Gasteiger partial charge in [0.05, 0.1) is 19.8 Å². The van der Waals surface area contributed by atoms with E-state index in [0.717, 1.165) is 5.56 Å². The molecule has 7 nitrogen and oxygen atoms in total. The van der Waals surface area contributed by atoms with Crippen LogP contribution in [0.15, 0.2) is 63.1 Å². The Hall–Kier alpha value is -3.65. The third-order valence-electron chi connectivity index (χ3n) is 4.25. The third-order valence-corrected chi connectivity index (χ3v) is 5.12. The van der Waals surface area contributed by atoms with Crippen LogP contribution in [0.2, 0.25) is 0 Å². The topological polar surface area (TPSA) is 90.7 Å². The molecule has 2 aromatic heterocycles. The van der Waals surface area contributed by atoms with Crippen LogP contribution < -0.4 is 20.4 Å². The predicted molar refractivity (Wildman–Crippen MR) is 111 cm³/mol. The Kier molecular flexibility index (Phi) is 5.01. The zero-order valence-electron chi connectivity index (χ0n) is 15.6. The summed E-state index contributed by atoms with van der Waals surface area (Å²) in [5, 5.41) is 5.85. The van der Waals surface area contributed by atoms with Crippen LogP contribution in [0.3, 0.4) is 0 Å². The highest BCUT2D eigenvalue weighted by atomic mass is 32.1. The molecule has 0 unspecified atom stereocenters. The number of nitrogens with zero attached hydrogens (tertiary/aromatic N) is 1. The van der Waals surface area contributed by atoms with Crippen LogP contribution in [0.25, 0.3) is 21.5 Å². The second-order valence-electron chi connectivity index (χ2n) is 6.04. The van der Waals surface area contributed by atoms with Gasteiger partial charge in [0.25, 0.3) is 5.91 Å². The Morgan fingerprint density at radius 1 is 1.10 bits per heavy atom. The number of aromatic nitrogens is 1. The van der Waals surface area contributed by atoms with Crippen LogP contribution in [0.5, 0.6) is 11.5 Å². The SMILES string of the molecule is COc1cccc(-c2nc(C(=O)Nc3ccc4oc(=O)ccc4c3)cs2)c1OC. The molecule has 2 heterocycles. The number of thiazole rings is 1. The standard InChI is InChI=1S/C21H16N2O5S/c1-26-17-5-3-4-14(19(17)27-2)21-23-15(11-29-21)20(25)22-13-7-8-16-12(10-13)6-9-18(24)28-16/h3-11H,1-2H3,(H,22,25). The number of nitrogens with one attached hydrogen (secondary N) is 1. The van der Waals surface area contributed by atoms with Crippen molar-refractivity contribution in [2.45, 2.75) is 0 Å². The van der Waals surface area contributed by atoms with E-state index in [1.54, 1.807) is 49.9 Å². The maximum absolute atomic E-state index is 12.6. The molecule has 0 bridgehead atoms. The summed E-state index contributed by atoms with van der Waals surface area (Å²) in [6, 6.07) is 13.5. The first-order valence-corrected chi connectivity index (χ1v) is 9.49. The van der Waals surface area contributed by atoms with Crippen molar-refractivity contribution in [3.63, 3.8) is 0 Å². The largest absolute Gasteiger partial charge is 0.493 e. The minimum atomic E-state index is -0.419. The molecule has 2 aromatic carbocycles. The normalized spacial score (nSPS) is 10.7. The van der Waals surface area contributed by atoms with Gasteiger partial charge in [0.1, 0.15) is 16.3 Å². The van der Waals surface area contributed by atoms with Crippen molar-refractivity contribution in [2.75, 3.05) is 19.5 Å². The van der Waals surface area contributed by atoms with E-state index in [1.807, 2.05) is 12.1 Å². The van der Waals surface area contributed by atoms with E-state index in [2.05, 4.69) is 10.3 Å². The number of ether oxygens (including phenoxy) is 2. The highest BCUT2D eigenvalue weighted by Crippen LogP contribution is 2.39. The number of fused-ring (bicyclic) bond motifs is 1. The van der Waals surface area contributed by atoms with Crippen LogP contribution in [0.1, 0.15) is 10.5 Å². The van der Waals surface area contributed by atoms with Gasteiger partial charge in [-0.2, -0.15) is 0 Å². The molecule has 4 aromatic rings. The lowest BCUT2D eigenvalue weighted by atomic mass is 10.2.